The Bertz CT molecular complexity index is 354. The Labute approximate surface area is 89.3 Å². The van der Waals surface area contributed by atoms with Crippen molar-refractivity contribution < 1.29 is 4.79 Å². The zero-order chi connectivity index (χ0) is 9.42. The maximum absolute atomic E-state index is 11.6. The Morgan fingerprint density at radius 3 is 2.71 bits per heavy atom. The normalized spacial score (nSPS) is 19.1. The van der Waals surface area contributed by atoms with Crippen molar-refractivity contribution >= 4 is 18.3 Å². The van der Waals surface area contributed by atoms with Crippen LogP contribution in [0.2, 0.25) is 0 Å². The first-order valence-corrected chi connectivity index (χ1v) is 4.32. The fraction of sp³-hybridized carbons (Fsp3) is 0.300. The molecule has 0 aromatic heterocycles. The van der Waals surface area contributed by atoms with Crippen LogP contribution in [-0.2, 0) is 0 Å². The Kier molecular flexibility index (Phi) is 3.13. The molecular formula is C10H13ClN2O. The van der Waals surface area contributed by atoms with Gasteiger partial charge in [-0.25, -0.2) is 0 Å². The molecule has 1 amide bonds. The van der Waals surface area contributed by atoms with Crippen LogP contribution in [-0.4, -0.2) is 24.4 Å². The van der Waals surface area contributed by atoms with Crippen molar-refractivity contribution in [1.82, 2.24) is 4.90 Å². The minimum absolute atomic E-state index is 0. The largest absolute Gasteiger partial charge is 0.333 e. The van der Waals surface area contributed by atoms with Crippen LogP contribution in [0.15, 0.2) is 24.3 Å². The predicted octanol–water partition coefficient (Wildman–Crippen LogP) is 1.19. The van der Waals surface area contributed by atoms with Crippen molar-refractivity contribution in [3.05, 3.63) is 35.4 Å². The van der Waals surface area contributed by atoms with Gasteiger partial charge in [-0.15, -0.1) is 12.4 Å². The second kappa shape index (κ2) is 3.98. The summed E-state index contributed by atoms with van der Waals surface area (Å²) >= 11 is 0. The van der Waals surface area contributed by atoms with Gasteiger partial charge in [0.15, 0.2) is 0 Å². The van der Waals surface area contributed by atoms with Crippen LogP contribution in [0, 0.1) is 0 Å². The van der Waals surface area contributed by atoms with Crippen LogP contribution < -0.4 is 5.73 Å². The summed E-state index contributed by atoms with van der Waals surface area (Å²) in [5.74, 6) is 0.0750. The molecule has 0 aliphatic carbocycles. The average Bonchev–Trinajstić information content (AvgIpc) is 2.41. The molecular weight excluding hydrogens is 200 g/mol. The van der Waals surface area contributed by atoms with E-state index in [0.29, 0.717) is 6.54 Å². The number of rotatable bonds is 1. The molecule has 0 saturated carbocycles. The fourth-order valence-electron chi connectivity index (χ4n) is 1.81. The van der Waals surface area contributed by atoms with Gasteiger partial charge < -0.3 is 10.6 Å². The maximum Gasteiger partial charge on any atom is 0.254 e. The summed E-state index contributed by atoms with van der Waals surface area (Å²) in [7, 11) is 1.79. The number of likely N-dealkylation sites (N-methyl/N-ethyl adjacent to an activating group) is 1. The highest BCUT2D eigenvalue weighted by molar-refractivity contribution is 5.99. The van der Waals surface area contributed by atoms with Crippen molar-refractivity contribution in [3.8, 4) is 0 Å². The topological polar surface area (TPSA) is 46.3 Å². The van der Waals surface area contributed by atoms with E-state index in [1.807, 2.05) is 24.3 Å². The van der Waals surface area contributed by atoms with Gasteiger partial charge in [-0.1, -0.05) is 18.2 Å². The van der Waals surface area contributed by atoms with Crippen molar-refractivity contribution in [3.63, 3.8) is 0 Å². The first kappa shape index (κ1) is 11.0. The van der Waals surface area contributed by atoms with E-state index in [1.165, 1.54) is 0 Å². The van der Waals surface area contributed by atoms with Gasteiger partial charge in [-0.3, -0.25) is 4.79 Å². The zero-order valence-electron chi connectivity index (χ0n) is 7.93. The van der Waals surface area contributed by atoms with Gasteiger partial charge in [0.05, 0.1) is 6.04 Å². The number of carbonyl (C=O) groups excluding carboxylic acids is 1. The number of benzene rings is 1. The first-order chi connectivity index (χ1) is 6.25. The van der Waals surface area contributed by atoms with Crippen LogP contribution >= 0.6 is 12.4 Å². The number of halogens is 1. The molecule has 14 heavy (non-hydrogen) atoms. The summed E-state index contributed by atoms with van der Waals surface area (Å²) in [5, 5.41) is 0. The van der Waals surface area contributed by atoms with E-state index in [9.17, 15) is 4.79 Å². The van der Waals surface area contributed by atoms with Crippen LogP contribution in [0.4, 0.5) is 0 Å². The number of hydrogen-bond donors (Lipinski definition) is 1. The number of amides is 1. The number of fused-ring (bicyclic) bond motifs is 1. The summed E-state index contributed by atoms with van der Waals surface area (Å²) in [5.41, 5.74) is 7.45. The maximum atomic E-state index is 11.6. The SMILES string of the molecule is CN1C(=O)c2ccccc2C1CN.Cl. The standard InChI is InChI=1S/C10H12N2O.ClH/c1-12-9(6-11)7-4-2-3-5-8(7)10(12)13;/h2-5,9H,6,11H2,1H3;1H. The Balaban J connectivity index is 0.000000980. The Morgan fingerprint density at radius 1 is 1.43 bits per heavy atom. The highest BCUT2D eigenvalue weighted by atomic mass is 35.5. The van der Waals surface area contributed by atoms with Gasteiger partial charge in [-0.2, -0.15) is 0 Å². The van der Waals surface area contributed by atoms with Gasteiger partial charge >= 0.3 is 0 Å². The van der Waals surface area contributed by atoms with Gasteiger partial charge in [0, 0.05) is 19.2 Å². The van der Waals surface area contributed by atoms with Crippen LogP contribution in [0.1, 0.15) is 22.0 Å². The second-order valence-corrected chi connectivity index (χ2v) is 3.25. The highest BCUT2D eigenvalue weighted by Crippen LogP contribution is 2.30. The lowest BCUT2D eigenvalue weighted by Crippen LogP contribution is -2.28. The minimum Gasteiger partial charge on any atom is -0.333 e. The van der Waals surface area contributed by atoms with Crippen molar-refractivity contribution in [1.29, 1.82) is 0 Å². The quantitative estimate of drug-likeness (QED) is 0.760. The molecule has 1 heterocycles. The van der Waals surface area contributed by atoms with E-state index in [4.69, 9.17) is 5.73 Å². The van der Waals surface area contributed by atoms with Gasteiger partial charge in [0.1, 0.15) is 0 Å². The summed E-state index contributed by atoms with van der Waals surface area (Å²) in [6.07, 6.45) is 0. The Morgan fingerprint density at radius 2 is 2.07 bits per heavy atom. The molecule has 1 atom stereocenters. The molecule has 0 saturated heterocycles. The lowest BCUT2D eigenvalue weighted by molar-refractivity contribution is 0.0778. The lowest BCUT2D eigenvalue weighted by atomic mass is 10.1. The van der Waals surface area contributed by atoms with Crippen molar-refractivity contribution in [2.24, 2.45) is 5.73 Å². The van der Waals surface area contributed by atoms with Crippen molar-refractivity contribution in [2.75, 3.05) is 13.6 Å². The molecule has 3 nitrogen and oxygen atoms in total. The third kappa shape index (κ3) is 1.38. The van der Waals surface area contributed by atoms with E-state index in [-0.39, 0.29) is 24.4 Å². The molecule has 1 aromatic carbocycles. The van der Waals surface area contributed by atoms with Gasteiger partial charge in [-0.05, 0) is 11.6 Å². The van der Waals surface area contributed by atoms with Gasteiger partial charge in [0.25, 0.3) is 5.91 Å². The predicted molar refractivity (Wildman–Crippen MR) is 57.6 cm³/mol. The third-order valence-corrected chi connectivity index (χ3v) is 2.56. The number of nitrogens with two attached hydrogens (primary N) is 1. The lowest BCUT2D eigenvalue weighted by Gasteiger charge is -2.18. The molecule has 1 aliphatic rings. The van der Waals surface area contributed by atoms with E-state index < -0.39 is 0 Å². The third-order valence-electron chi connectivity index (χ3n) is 2.56. The average molecular weight is 213 g/mol. The molecule has 0 fully saturated rings. The second-order valence-electron chi connectivity index (χ2n) is 3.25. The smallest absolute Gasteiger partial charge is 0.254 e. The summed E-state index contributed by atoms with van der Waals surface area (Å²) in [6, 6.07) is 7.69. The molecule has 4 heteroatoms. The molecule has 1 aromatic rings. The molecule has 2 N–H and O–H groups in total. The van der Waals surface area contributed by atoms with Crippen molar-refractivity contribution in [2.45, 2.75) is 6.04 Å². The van der Waals surface area contributed by atoms with Gasteiger partial charge in [0.2, 0.25) is 0 Å². The molecule has 0 bridgehead atoms. The molecule has 76 valence electrons. The van der Waals surface area contributed by atoms with E-state index >= 15 is 0 Å². The fourth-order valence-corrected chi connectivity index (χ4v) is 1.81. The first-order valence-electron chi connectivity index (χ1n) is 4.32. The highest BCUT2D eigenvalue weighted by Gasteiger charge is 2.32. The number of nitrogens with zero attached hydrogens (tertiary/aromatic N) is 1. The Hall–Kier alpha value is -1.06. The minimum atomic E-state index is 0. The zero-order valence-corrected chi connectivity index (χ0v) is 8.75. The summed E-state index contributed by atoms with van der Waals surface area (Å²) in [6.45, 7) is 0.485. The number of hydrogen-bond acceptors (Lipinski definition) is 2. The van der Waals surface area contributed by atoms with E-state index in [2.05, 4.69) is 0 Å². The molecule has 2 rings (SSSR count). The monoisotopic (exact) mass is 212 g/mol. The summed E-state index contributed by atoms with van der Waals surface area (Å²) < 4.78 is 0. The molecule has 0 radical (unpaired) electrons. The van der Waals surface area contributed by atoms with Crippen LogP contribution in [0.5, 0.6) is 0 Å². The molecule has 1 aliphatic heterocycles. The number of carbonyl (C=O) groups is 1. The molecule has 1 unspecified atom stereocenters. The molecule has 0 spiro atoms. The van der Waals surface area contributed by atoms with Crippen LogP contribution in [0.3, 0.4) is 0 Å². The van der Waals surface area contributed by atoms with E-state index in [0.717, 1.165) is 11.1 Å². The summed E-state index contributed by atoms with van der Waals surface area (Å²) in [4.78, 5) is 13.3. The van der Waals surface area contributed by atoms with Crippen LogP contribution in [0.25, 0.3) is 0 Å². The van der Waals surface area contributed by atoms with E-state index in [1.54, 1.807) is 11.9 Å².